The smallest absolute Gasteiger partial charge is 0.0192 e. The zero-order valence-corrected chi connectivity index (χ0v) is 10.8. The Bertz CT molecular complexity index is 159. The van der Waals surface area contributed by atoms with E-state index in [9.17, 15) is 0 Å². The summed E-state index contributed by atoms with van der Waals surface area (Å²) in [6.45, 7) is 11.9. The Kier molecular flexibility index (Phi) is 6.26. The van der Waals surface area contributed by atoms with Crippen LogP contribution in [0.1, 0.15) is 46.5 Å². The SMILES string of the molecule is CCCNC(CC)CN1CCC(CC)C1. The third-order valence-corrected chi connectivity index (χ3v) is 3.60. The number of rotatable bonds is 7. The lowest BCUT2D eigenvalue weighted by Gasteiger charge is -2.23. The first kappa shape index (κ1) is 13.0. The Balaban J connectivity index is 2.20. The summed E-state index contributed by atoms with van der Waals surface area (Å²) in [5.41, 5.74) is 0. The number of nitrogens with one attached hydrogen (secondary N) is 1. The van der Waals surface area contributed by atoms with Gasteiger partial charge in [-0.05, 0) is 38.3 Å². The standard InChI is InChI=1S/C13H28N2/c1-4-8-14-13(6-3)11-15-9-7-12(5-2)10-15/h12-14H,4-11H2,1-3H3. The molecule has 1 saturated heterocycles. The minimum Gasteiger partial charge on any atom is -0.313 e. The van der Waals surface area contributed by atoms with Crippen molar-refractivity contribution in [1.29, 1.82) is 0 Å². The van der Waals surface area contributed by atoms with Crippen molar-refractivity contribution < 1.29 is 0 Å². The van der Waals surface area contributed by atoms with E-state index in [-0.39, 0.29) is 0 Å². The molecule has 1 rings (SSSR count). The molecule has 2 heteroatoms. The van der Waals surface area contributed by atoms with E-state index < -0.39 is 0 Å². The van der Waals surface area contributed by atoms with Gasteiger partial charge in [-0.15, -0.1) is 0 Å². The van der Waals surface area contributed by atoms with Crippen LogP contribution in [0.2, 0.25) is 0 Å². The van der Waals surface area contributed by atoms with Gasteiger partial charge in [0, 0.05) is 19.1 Å². The highest BCUT2D eigenvalue weighted by Crippen LogP contribution is 2.19. The highest BCUT2D eigenvalue weighted by molar-refractivity contribution is 4.78. The summed E-state index contributed by atoms with van der Waals surface area (Å²) in [5.74, 6) is 0.966. The molecule has 1 fully saturated rings. The molecule has 0 aromatic heterocycles. The number of likely N-dealkylation sites (tertiary alicyclic amines) is 1. The molecule has 1 aliphatic heterocycles. The van der Waals surface area contributed by atoms with Gasteiger partial charge < -0.3 is 10.2 Å². The third kappa shape index (κ3) is 4.52. The first-order chi connectivity index (χ1) is 7.30. The van der Waals surface area contributed by atoms with Crippen molar-refractivity contribution in [3.8, 4) is 0 Å². The van der Waals surface area contributed by atoms with Crippen molar-refractivity contribution in [1.82, 2.24) is 10.2 Å². The minimum atomic E-state index is 0.709. The monoisotopic (exact) mass is 212 g/mol. The van der Waals surface area contributed by atoms with Gasteiger partial charge in [0.25, 0.3) is 0 Å². The van der Waals surface area contributed by atoms with Crippen molar-refractivity contribution in [3.63, 3.8) is 0 Å². The molecule has 0 bridgehead atoms. The second-order valence-corrected chi connectivity index (χ2v) is 4.88. The maximum atomic E-state index is 3.64. The normalized spacial score (nSPS) is 24.6. The van der Waals surface area contributed by atoms with Gasteiger partial charge in [-0.25, -0.2) is 0 Å². The highest BCUT2D eigenvalue weighted by atomic mass is 15.2. The van der Waals surface area contributed by atoms with Crippen LogP contribution in [0.15, 0.2) is 0 Å². The fourth-order valence-electron chi connectivity index (χ4n) is 2.41. The van der Waals surface area contributed by atoms with Crippen molar-refractivity contribution in [2.45, 2.75) is 52.5 Å². The topological polar surface area (TPSA) is 15.3 Å². The van der Waals surface area contributed by atoms with E-state index in [4.69, 9.17) is 0 Å². The van der Waals surface area contributed by atoms with Crippen LogP contribution in [-0.4, -0.2) is 37.1 Å². The molecule has 2 unspecified atom stereocenters. The van der Waals surface area contributed by atoms with Gasteiger partial charge in [-0.1, -0.05) is 27.2 Å². The molecule has 0 saturated carbocycles. The van der Waals surface area contributed by atoms with Crippen molar-refractivity contribution in [2.75, 3.05) is 26.2 Å². The molecule has 2 atom stereocenters. The summed E-state index contributed by atoms with van der Waals surface area (Å²) >= 11 is 0. The Morgan fingerprint density at radius 1 is 1.33 bits per heavy atom. The maximum absolute atomic E-state index is 3.64. The Morgan fingerprint density at radius 2 is 2.13 bits per heavy atom. The number of hydrogen-bond acceptors (Lipinski definition) is 2. The molecule has 0 amide bonds. The predicted molar refractivity (Wildman–Crippen MR) is 67.2 cm³/mol. The molecular weight excluding hydrogens is 184 g/mol. The van der Waals surface area contributed by atoms with Crippen molar-refractivity contribution in [2.24, 2.45) is 5.92 Å². The molecule has 90 valence electrons. The van der Waals surface area contributed by atoms with Crippen molar-refractivity contribution in [3.05, 3.63) is 0 Å². The fraction of sp³-hybridized carbons (Fsp3) is 1.00. The van der Waals surface area contributed by atoms with Crippen LogP contribution in [0.5, 0.6) is 0 Å². The zero-order chi connectivity index (χ0) is 11.1. The Hall–Kier alpha value is -0.0800. The molecule has 0 aliphatic carbocycles. The summed E-state index contributed by atoms with van der Waals surface area (Å²) in [6, 6.07) is 0.709. The van der Waals surface area contributed by atoms with Crippen LogP contribution in [-0.2, 0) is 0 Å². The molecule has 15 heavy (non-hydrogen) atoms. The molecule has 2 nitrogen and oxygen atoms in total. The van der Waals surface area contributed by atoms with E-state index in [0.29, 0.717) is 6.04 Å². The van der Waals surface area contributed by atoms with Gasteiger partial charge in [0.05, 0.1) is 0 Å². The quantitative estimate of drug-likeness (QED) is 0.697. The van der Waals surface area contributed by atoms with Crippen molar-refractivity contribution >= 4 is 0 Å². The average molecular weight is 212 g/mol. The molecule has 1 N–H and O–H groups in total. The lowest BCUT2D eigenvalue weighted by molar-refractivity contribution is 0.276. The Labute approximate surface area is 95.4 Å². The minimum absolute atomic E-state index is 0.709. The lowest BCUT2D eigenvalue weighted by Crippen LogP contribution is -2.40. The average Bonchev–Trinajstić information content (AvgIpc) is 2.71. The predicted octanol–water partition coefficient (Wildman–Crippen LogP) is 2.50. The largest absolute Gasteiger partial charge is 0.313 e. The lowest BCUT2D eigenvalue weighted by atomic mass is 10.1. The number of nitrogens with zero attached hydrogens (tertiary/aromatic N) is 1. The van der Waals surface area contributed by atoms with Gasteiger partial charge in [0.2, 0.25) is 0 Å². The molecule has 0 radical (unpaired) electrons. The van der Waals surface area contributed by atoms with E-state index >= 15 is 0 Å². The first-order valence-electron chi connectivity index (χ1n) is 6.75. The molecule has 1 aliphatic rings. The third-order valence-electron chi connectivity index (χ3n) is 3.60. The highest BCUT2D eigenvalue weighted by Gasteiger charge is 2.22. The zero-order valence-electron chi connectivity index (χ0n) is 10.8. The van der Waals surface area contributed by atoms with E-state index in [1.54, 1.807) is 0 Å². The molecule has 1 heterocycles. The van der Waals surface area contributed by atoms with Crippen LogP contribution >= 0.6 is 0 Å². The summed E-state index contributed by atoms with van der Waals surface area (Å²) in [4.78, 5) is 2.64. The molecule has 0 aromatic carbocycles. The second-order valence-electron chi connectivity index (χ2n) is 4.88. The van der Waals surface area contributed by atoms with Crippen LogP contribution < -0.4 is 5.32 Å². The second kappa shape index (κ2) is 7.24. The van der Waals surface area contributed by atoms with E-state index in [0.717, 1.165) is 5.92 Å². The van der Waals surface area contributed by atoms with E-state index in [2.05, 4.69) is 31.0 Å². The van der Waals surface area contributed by atoms with Crippen LogP contribution in [0.3, 0.4) is 0 Å². The van der Waals surface area contributed by atoms with Gasteiger partial charge in [-0.2, -0.15) is 0 Å². The van der Waals surface area contributed by atoms with Gasteiger partial charge in [0.1, 0.15) is 0 Å². The first-order valence-corrected chi connectivity index (χ1v) is 6.75. The molecule has 0 spiro atoms. The van der Waals surface area contributed by atoms with Crippen LogP contribution in [0.4, 0.5) is 0 Å². The summed E-state index contributed by atoms with van der Waals surface area (Å²) < 4.78 is 0. The van der Waals surface area contributed by atoms with Gasteiger partial charge in [-0.3, -0.25) is 0 Å². The molecular formula is C13H28N2. The van der Waals surface area contributed by atoms with Crippen LogP contribution in [0.25, 0.3) is 0 Å². The van der Waals surface area contributed by atoms with Gasteiger partial charge >= 0.3 is 0 Å². The molecule has 0 aromatic rings. The Morgan fingerprint density at radius 3 is 2.67 bits per heavy atom. The fourth-order valence-corrected chi connectivity index (χ4v) is 2.41. The van der Waals surface area contributed by atoms with Crippen LogP contribution in [0, 0.1) is 5.92 Å². The summed E-state index contributed by atoms with van der Waals surface area (Å²) in [5, 5.41) is 3.64. The summed E-state index contributed by atoms with van der Waals surface area (Å²) in [6.07, 6.45) is 5.28. The van der Waals surface area contributed by atoms with Gasteiger partial charge in [0.15, 0.2) is 0 Å². The summed E-state index contributed by atoms with van der Waals surface area (Å²) in [7, 11) is 0. The van der Waals surface area contributed by atoms with E-state index in [1.165, 1.54) is 51.9 Å². The van der Waals surface area contributed by atoms with E-state index in [1.807, 2.05) is 0 Å². The maximum Gasteiger partial charge on any atom is 0.0192 e. The number of hydrogen-bond donors (Lipinski definition) is 1.